The van der Waals surface area contributed by atoms with Crippen LogP contribution in [0, 0.1) is 11.8 Å². The van der Waals surface area contributed by atoms with Gasteiger partial charge in [0.2, 0.25) is 0 Å². The summed E-state index contributed by atoms with van der Waals surface area (Å²) in [5.74, 6) is 0.170. The maximum atomic E-state index is 13.0. The Morgan fingerprint density at radius 1 is 1.29 bits per heavy atom. The van der Waals surface area contributed by atoms with Crippen LogP contribution in [0.25, 0.3) is 5.82 Å². The molecule has 1 N–H and O–H groups in total. The third-order valence-electron chi connectivity index (χ3n) is 5.17. The van der Waals surface area contributed by atoms with Crippen molar-refractivity contribution in [2.45, 2.75) is 32.9 Å². The van der Waals surface area contributed by atoms with Crippen LogP contribution in [0.2, 0.25) is 0 Å². The second-order valence-corrected chi connectivity index (χ2v) is 7.54. The zero-order valence-corrected chi connectivity index (χ0v) is 15.9. The highest BCUT2D eigenvalue weighted by atomic mass is 19.4. The first-order valence-corrected chi connectivity index (χ1v) is 9.15. The van der Waals surface area contributed by atoms with Crippen molar-refractivity contribution < 1.29 is 23.1 Å². The average Bonchev–Trinajstić information content (AvgIpc) is 3.24. The minimum atomic E-state index is -4.46. The molecule has 3 rings (SSSR count). The van der Waals surface area contributed by atoms with Crippen LogP contribution in [-0.2, 0) is 6.18 Å². The first-order valence-electron chi connectivity index (χ1n) is 9.15. The summed E-state index contributed by atoms with van der Waals surface area (Å²) in [6.07, 6.45) is -2.27. The summed E-state index contributed by atoms with van der Waals surface area (Å²) < 4.78 is 39.7. The second kappa shape index (κ2) is 7.54. The molecule has 0 spiro atoms. The Bertz CT molecular complexity index is 846. The number of aromatic nitrogens is 3. The topological polar surface area (TPSA) is 71.2 Å². The number of hydrogen-bond donors (Lipinski definition) is 1. The highest BCUT2D eigenvalue weighted by molar-refractivity contribution is 5.95. The molecule has 28 heavy (non-hydrogen) atoms. The van der Waals surface area contributed by atoms with E-state index in [1.165, 1.54) is 16.9 Å². The molecule has 0 radical (unpaired) electrons. The molecule has 2 atom stereocenters. The molecule has 1 aliphatic rings. The number of pyridine rings is 1. The van der Waals surface area contributed by atoms with Crippen molar-refractivity contribution in [1.29, 1.82) is 0 Å². The molecule has 0 aliphatic carbocycles. The molecule has 9 heteroatoms. The van der Waals surface area contributed by atoms with E-state index < -0.39 is 11.7 Å². The van der Waals surface area contributed by atoms with Crippen molar-refractivity contribution >= 4 is 5.91 Å². The predicted molar refractivity (Wildman–Crippen MR) is 96.1 cm³/mol. The van der Waals surface area contributed by atoms with Gasteiger partial charge in [-0.3, -0.25) is 4.79 Å². The lowest BCUT2D eigenvalue weighted by molar-refractivity contribution is -0.137. The van der Waals surface area contributed by atoms with Crippen LogP contribution in [0.1, 0.15) is 48.3 Å². The Labute approximate surface area is 161 Å². The maximum absolute atomic E-state index is 13.0. The van der Waals surface area contributed by atoms with Gasteiger partial charge in [0.25, 0.3) is 5.91 Å². The lowest BCUT2D eigenvalue weighted by Crippen LogP contribution is -2.30. The van der Waals surface area contributed by atoms with Crippen LogP contribution < -0.4 is 0 Å². The van der Waals surface area contributed by atoms with E-state index in [0.717, 1.165) is 12.3 Å². The van der Waals surface area contributed by atoms with Crippen molar-refractivity contribution in [2.24, 2.45) is 11.8 Å². The van der Waals surface area contributed by atoms with E-state index in [1.54, 1.807) is 4.90 Å². The highest BCUT2D eigenvalue weighted by Crippen LogP contribution is 2.30. The standard InChI is InChI=1S/C19H23F3N4O2/c1-11(2)17-15(18(28)25-8-12(3)13(9-25)10-27)7-24-26(17)16-5-4-14(6-23-16)19(20,21)22/h4-7,11-13,27H,8-10H2,1-3H3/t12-,13+/m1/s1. The molecule has 1 amide bonds. The number of carbonyl (C=O) groups is 1. The number of amides is 1. The lowest BCUT2D eigenvalue weighted by Gasteiger charge is -2.18. The van der Waals surface area contributed by atoms with Crippen molar-refractivity contribution in [1.82, 2.24) is 19.7 Å². The molecule has 0 bridgehead atoms. The Kier molecular flexibility index (Phi) is 5.47. The number of likely N-dealkylation sites (tertiary alicyclic amines) is 1. The first kappa shape index (κ1) is 20.3. The summed E-state index contributed by atoms with van der Waals surface area (Å²) in [6.45, 7) is 6.81. The SMILES string of the molecule is CC(C)c1c(C(=O)N2C[C@@H](CO)[C@H](C)C2)cnn1-c1ccc(C(F)(F)F)cn1. The van der Waals surface area contributed by atoms with Gasteiger partial charge < -0.3 is 10.0 Å². The number of aliphatic hydroxyl groups excluding tert-OH is 1. The molecule has 6 nitrogen and oxygen atoms in total. The fourth-order valence-corrected chi connectivity index (χ4v) is 3.55. The smallest absolute Gasteiger partial charge is 0.396 e. The molecule has 3 heterocycles. The fourth-order valence-electron chi connectivity index (χ4n) is 3.55. The van der Waals surface area contributed by atoms with E-state index in [-0.39, 0.29) is 36.1 Å². The minimum Gasteiger partial charge on any atom is -0.396 e. The number of hydrogen-bond acceptors (Lipinski definition) is 4. The van der Waals surface area contributed by atoms with Crippen LogP contribution in [0.3, 0.4) is 0 Å². The van der Waals surface area contributed by atoms with Gasteiger partial charge in [-0.15, -0.1) is 0 Å². The summed E-state index contributed by atoms with van der Waals surface area (Å²) >= 11 is 0. The van der Waals surface area contributed by atoms with E-state index in [9.17, 15) is 23.1 Å². The van der Waals surface area contributed by atoms with Gasteiger partial charge in [-0.25, -0.2) is 9.67 Å². The van der Waals surface area contributed by atoms with Crippen molar-refractivity contribution in [3.05, 3.63) is 41.3 Å². The summed E-state index contributed by atoms with van der Waals surface area (Å²) in [5, 5.41) is 13.7. The summed E-state index contributed by atoms with van der Waals surface area (Å²) in [6, 6.07) is 2.19. The molecule has 1 aliphatic heterocycles. The molecule has 1 saturated heterocycles. The zero-order chi connectivity index (χ0) is 20.6. The second-order valence-electron chi connectivity index (χ2n) is 7.54. The van der Waals surface area contributed by atoms with Gasteiger partial charge in [0.05, 0.1) is 23.0 Å². The number of nitrogens with zero attached hydrogens (tertiary/aromatic N) is 4. The van der Waals surface area contributed by atoms with Crippen molar-refractivity contribution in [3.63, 3.8) is 0 Å². The van der Waals surface area contributed by atoms with E-state index in [4.69, 9.17) is 0 Å². The molecular formula is C19H23F3N4O2. The Hall–Kier alpha value is -2.42. The third-order valence-corrected chi connectivity index (χ3v) is 5.17. The zero-order valence-electron chi connectivity index (χ0n) is 15.9. The monoisotopic (exact) mass is 396 g/mol. The number of rotatable bonds is 4. The fraction of sp³-hybridized carbons (Fsp3) is 0.526. The van der Waals surface area contributed by atoms with Crippen LogP contribution in [0.15, 0.2) is 24.5 Å². The molecule has 2 aromatic rings. The number of alkyl halides is 3. The van der Waals surface area contributed by atoms with Crippen LogP contribution >= 0.6 is 0 Å². The van der Waals surface area contributed by atoms with Crippen LogP contribution in [0.5, 0.6) is 0 Å². The Morgan fingerprint density at radius 2 is 2.00 bits per heavy atom. The summed E-state index contributed by atoms with van der Waals surface area (Å²) in [5.41, 5.74) is 0.159. The average molecular weight is 396 g/mol. The number of carbonyl (C=O) groups excluding carboxylic acids is 1. The number of halogens is 3. The molecule has 0 unspecified atom stereocenters. The van der Waals surface area contributed by atoms with Crippen LogP contribution in [-0.4, -0.2) is 50.4 Å². The van der Waals surface area contributed by atoms with Crippen molar-refractivity contribution in [2.75, 3.05) is 19.7 Å². The molecular weight excluding hydrogens is 373 g/mol. The van der Waals surface area contributed by atoms with Crippen LogP contribution in [0.4, 0.5) is 13.2 Å². The first-order chi connectivity index (χ1) is 13.1. The lowest BCUT2D eigenvalue weighted by atomic mass is 10.00. The van der Waals surface area contributed by atoms with E-state index in [2.05, 4.69) is 10.1 Å². The summed E-state index contributed by atoms with van der Waals surface area (Å²) in [7, 11) is 0. The molecule has 0 aromatic carbocycles. The quantitative estimate of drug-likeness (QED) is 0.862. The van der Waals surface area contributed by atoms with E-state index in [1.807, 2.05) is 20.8 Å². The Balaban J connectivity index is 1.93. The van der Waals surface area contributed by atoms with Gasteiger partial charge in [0.1, 0.15) is 0 Å². The molecule has 152 valence electrons. The van der Waals surface area contributed by atoms with E-state index >= 15 is 0 Å². The van der Waals surface area contributed by atoms with E-state index in [0.29, 0.717) is 24.3 Å². The van der Waals surface area contributed by atoms with Gasteiger partial charge in [-0.05, 0) is 24.0 Å². The van der Waals surface area contributed by atoms with Gasteiger partial charge in [0.15, 0.2) is 5.82 Å². The Morgan fingerprint density at radius 3 is 2.50 bits per heavy atom. The van der Waals surface area contributed by atoms with Crippen molar-refractivity contribution in [3.8, 4) is 5.82 Å². The third kappa shape index (κ3) is 3.76. The predicted octanol–water partition coefficient (Wildman–Crippen LogP) is 3.11. The largest absolute Gasteiger partial charge is 0.417 e. The normalized spacial score (nSPS) is 20.2. The van der Waals surface area contributed by atoms with Gasteiger partial charge in [-0.1, -0.05) is 20.8 Å². The molecule has 1 fully saturated rings. The molecule has 2 aromatic heterocycles. The minimum absolute atomic E-state index is 0.0245. The van der Waals surface area contributed by atoms with Gasteiger partial charge >= 0.3 is 6.18 Å². The maximum Gasteiger partial charge on any atom is 0.417 e. The summed E-state index contributed by atoms with van der Waals surface area (Å²) in [4.78, 5) is 18.6. The number of aliphatic hydroxyl groups is 1. The van der Waals surface area contributed by atoms with Gasteiger partial charge in [0, 0.05) is 31.8 Å². The highest BCUT2D eigenvalue weighted by Gasteiger charge is 2.35. The molecule has 0 saturated carbocycles. The van der Waals surface area contributed by atoms with Gasteiger partial charge in [-0.2, -0.15) is 18.3 Å².